The molecule has 0 spiro atoms. The van der Waals surface area contributed by atoms with Gasteiger partial charge in [-0.2, -0.15) is 0 Å². The molecule has 0 aliphatic carbocycles. The first-order valence-corrected chi connectivity index (χ1v) is 13.8. The van der Waals surface area contributed by atoms with Crippen molar-refractivity contribution < 1.29 is 9.47 Å². The van der Waals surface area contributed by atoms with Crippen molar-refractivity contribution in [2.75, 3.05) is 31.2 Å². The number of pyridine rings is 1. The Labute approximate surface area is 223 Å². The Balaban J connectivity index is 1.33. The van der Waals surface area contributed by atoms with Crippen LogP contribution in [0.4, 0.5) is 5.82 Å². The molecule has 0 saturated carbocycles. The Hall–Kier alpha value is -2.57. The second kappa shape index (κ2) is 10.3. The van der Waals surface area contributed by atoms with E-state index in [4.69, 9.17) is 41.8 Å². The summed E-state index contributed by atoms with van der Waals surface area (Å²) in [7, 11) is 0. The van der Waals surface area contributed by atoms with Gasteiger partial charge >= 0.3 is 0 Å². The number of hydrogen-bond donors (Lipinski definition) is 2. The van der Waals surface area contributed by atoms with Crippen LogP contribution in [0.25, 0.3) is 22.1 Å². The van der Waals surface area contributed by atoms with E-state index in [1.165, 1.54) is 11.8 Å². The molecule has 6 rings (SSSR count). The number of aromatic nitrogens is 6. The molecule has 0 aromatic carbocycles. The number of fused-ring (bicyclic) bond motifs is 2. The summed E-state index contributed by atoms with van der Waals surface area (Å²) in [4.78, 5) is 30.3. The maximum absolute atomic E-state index is 6.74. The monoisotopic (exact) mass is 540 g/mol. The minimum Gasteiger partial charge on any atom is -0.354 e. The number of aryl methyl sites for hydroxylation is 3. The number of aromatic amines is 1. The fourth-order valence-corrected chi connectivity index (χ4v) is 6.03. The molecule has 0 bridgehead atoms. The molecule has 2 aliphatic heterocycles. The zero-order chi connectivity index (χ0) is 25.5. The van der Waals surface area contributed by atoms with Crippen molar-refractivity contribution in [2.45, 2.75) is 61.9 Å². The third kappa shape index (κ3) is 4.98. The third-order valence-corrected chi connectivity index (χ3v) is 7.95. The maximum atomic E-state index is 6.74. The van der Waals surface area contributed by atoms with E-state index in [-0.39, 0.29) is 12.3 Å². The highest BCUT2D eigenvalue weighted by atomic mass is 35.5. The van der Waals surface area contributed by atoms with Crippen LogP contribution in [0, 0.1) is 6.92 Å². The summed E-state index contributed by atoms with van der Waals surface area (Å²) in [6.07, 6.45) is 4.80. The Morgan fingerprint density at radius 2 is 2.05 bits per heavy atom. The van der Waals surface area contributed by atoms with E-state index >= 15 is 0 Å². The highest BCUT2D eigenvalue weighted by Gasteiger charge is 2.26. The van der Waals surface area contributed by atoms with Crippen LogP contribution < -0.4 is 10.6 Å². The number of H-pyrrole nitrogens is 1. The molecule has 12 heteroatoms. The van der Waals surface area contributed by atoms with Crippen LogP contribution in [0.5, 0.6) is 0 Å². The van der Waals surface area contributed by atoms with Gasteiger partial charge in [0.05, 0.1) is 34.8 Å². The van der Waals surface area contributed by atoms with Crippen LogP contribution in [0.15, 0.2) is 22.3 Å². The molecule has 1 atom stereocenters. The number of nitrogens with one attached hydrogen (secondary N) is 1. The number of anilines is 1. The van der Waals surface area contributed by atoms with E-state index in [9.17, 15) is 0 Å². The first kappa shape index (κ1) is 24.7. The molecule has 194 valence electrons. The number of halogens is 1. The topological polar surface area (TPSA) is 128 Å². The summed E-state index contributed by atoms with van der Waals surface area (Å²) in [6.45, 7) is 6.83. The fourth-order valence-electron chi connectivity index (χ4n) is 4.92. The van der Waals surface area contributed by atoms with Gasteiger partial charge in [0.1, 0.15) is 22.8 Å². The van der Waals surface area contributed by atoms with Gasteiger partial charge < -0.3 is 25.1 Å². The minimum absolute atomic E-state index is 0.123. The SMILES string of the molecule is CCc1[nH]c2nc(Sc3cnc4c(CCC5OCCO5)nc(C)nc4c3)nc(N3CC[C@H](N)C3)c2c1Cl. The summed E-state index contributed by atoms with van der Waals surface area (Å²) in [5, 5.41) is 2.16. The van der Waals surface area contributed by atoms with Gasteiger partial charge in [0, 0.05) is 42.3 Å². The number of rotatable bonds is 7. The van der Waals surface area contributed by atoms with Crippen molar-refractivity contribution >= 4 is 51.2 Å². The van der Waals surface area contributed by atoms with E-state index in [2.05, 4.69) is 26.8 Å². The van der Waals surface area contributed by atoms with E-state index in [1.807, 2.05) is 19.2 Å². The third-order valence-electron chi connectivity index (χ3n) is 6.71. The lowest BCUT2D eigenvalue weighted by atomic mass is 10.2. The maximum Gasteiger partial charge on any atom is 0.196 e. The molecular weight excluding hydrogens is 512 g/mol. The second-order valence-corrected chi connectivity index (χ2v) is 10.8. The minimum atomic E-state index is -0.179. The predicted molar refractivity (Wildman–Crippen MR) is 143 cm³/mol. The van der Waals surface area contributed by atoms with Crippen molar-refractivity contribution in [3.8, 4) is 0 Å². The summed E-state index contributed by atoms with van der Waals surface area (Å²) in [5.41, 5.74) is 10.4. The molecule has 0 radical (unpaired) electrons. The predicted octanol–water partition coefficient (Wildman–Crippen LogP) is 3.81. The number of ether oxygens (including phenoxy) is 2. The first-order chi connectivity index (χ1) is 18.0. The average Bonchev–Trinajstić information content (AvgIpc) is 3.62. The van der Waals surface area contributed by atoms with Gasteiger partial charge in [0.2, 0.25) is 0 Å². The molecule has 0 unspecified atom stereocenters. The first-order valence-electron chi connectivity index (χ1n) is 12.6. The van der Waals surface area contributed by atoms with Gasteiger partial charge in [-0.3, -0.25) is 4.98 Å². The van der Waals surface area contributed by atoms with Crippen LogP contribution in [-0.2, 0) is 22.3 Å². The quantitative estimate of drug-likeness (QED) is 0.334. The molecule has 4 aromatic heterocycles. The highest BCUT2D eigenvalue weighted by Crippen LogP contribution is 2.37. The van der Waals surface area contributed by atoms with Crippen LogP contribution in [0.2, 0.25) is 5.02 Å². The van der Waals surface area contributed by atoms with Gasteiger partial charge in [0.15, 0.2) is 11.4 Å². The standard InChI is InChI=1S/C25H29ClN8O2S/c1-3-16-21(26)20-23(31-16)32-25(33-24(20)34-7-6-14(27)12-34)37-15-10-18-22(28-11-15)17(29-13(2)30-18)4-5-19-35-8-9-36-19/h10-11,14,19H,3-9,12,27H2,1-2H3,(H,31,32,33)/t14-/m0/s1. The van der Waals surface area contributed by atoms with Gasteiger partial charge in [0.25, 0.3) is 0 Å². The normalized spacial score (nSPS) is 18.6. The zero-order valence-corrected chi connectivity index (χ0v) is 22.4. The Kier molecular flexibility index (Phi) is 6.89. The molecule has 0 amide bonds. The van der Waals surface area contributed by atoms with Crippen LogP contribution in [0.1, 0.15) is 37.0 Å². The van der Waals surface area contributed by atoms with E-state index in [0.717, 1.165) is 76.5 Å². The van der Waals surface area contributed by atoms with Gasteiger partial charge in [-0.25, -0.2) is 19.9 Å². The van der Waals surface area contributed by atoms with Crippen molar-refractivity contribution in [3.63, 3.8) is 0 Å². The van der Waals surface area contributed by atoms with Crippen LogP contribution >= 0.6 is 23.4 Å². The number of hydrogen-bond acceptors (Lipinski definition) is 10. The van der Waals surface area contributed by atoms with Crippen LogP contribution in [0.3, 0.4) is 0 Å². The number of nitrogens with two attached hydrogens (primary N) is 1. The van der Waals surface area contributed by atoms with Crippen molar-refractivity contribution in [2.24, 2.45) is 5.73 Å². The van der Waals surface area contributed by atoms with Crippen molar-refractivity contribution in [3.05, 3.63) is 34.5 Å². The fraction of sp³-hybridized carbons (Fsp3) is 0.480. The van der Waals surface area contributed by atoms with Gasteiger partial charge in [-0.15, -0.1) is 0 Å². The molecule has 2 saturated heterocycles. The van der Waals surface area contributed by atoms with Crippen LogP contribution in [-0.4, -0.2) is 68.5 Å². The Morgan fingerprint density at radius 1 is 1.22 bits per heavy atom. The lowest BCUT2D eigenvalue weighted by Gasteiger charge is -2.18. The number of nitrogens with zero attached hydrogens (tertiary/aromatic N) is 6. The van der Waals surface area contributed by atoms with E-state index < -0.39 is 0 Å². The summed E-state index contributed by atoms with van der Waals surface area (Å²) in [5.74, 6) is 1.53. The molecule has 6 heterocycles. The second-order valence-electron chi connectivity index (χ2n) is 9.39. The van der Waals surface area contributed by atoms with E-state index in [0.29, 0.717) is 35.6 Å². The Morgan fingerprint density at radius 3 is 2.81 bits per heavy atom. The lowest BCUT2D eigenvalue weighted by molar-refractivity contribution is -0.0463. The molecule has 2 aliphatic rings. The Bertz CT molecular complexity index is 1460. The van der Waals surface area contributed by atoms with Crippen molar-refractivity contribution in [1.82, 2.24) is 29.9 Å². The molecule has 37 heavy (non-hydrogen) atoms. The smallest absolute Gasteiger partial charge is 0.196 e. The van der Waals surface area contributed by atoms with Gasteiger partial charge in [-0.05, 0) is 44.0 Å². The summed E-state index contributed by atoms with van der Waals surface area (Å²) in [6, 6.07) is 2.14. The lowest BCUT2D eigenvalue weighted by Crippen LogP contribution is -2.27. The highest BCUT2D eigenvalue weighted by molar-refractivity contribution is 7.99. The molecule has 2 fully saturated rings. The molecule has 4 aromatic rings. The van der Waals surface area contributed by atoms with Gasteiger partial charge in [-0.1, -0.05) is 18.5 Å². The summed E-state index contributed by atoms with van der Waals surface area (Å²) < 4.78 is 11.2. The molecule has 3 N–H and O–H groups in total. The summed E-state index contributed by atoms with van der Waals surface area (Å²) >= 11 is 8.19. The van der Waals surface area contributed by atoms with Crippen molar-refractivity contribution in [1.29, 1.82) is 0 Å². The average molecular weight is 541 g/mol. The molecule has 10 nitrogen and oxygen atoms in total. The zero-order valence-electron chi connectivity index (χ0n) is 20.8. The molecular formula is C25H29ClN8O2S. The largest absolute Gasteiger partial charge is 0.354 e. The van der Waals surface area contributed by atoms with E-state index in [1.54, 1.807) is 0 Å².